The van der Waals surface area contributed by atoms with Gasteiger partial charge in [0.25, 0.3) is 5.91 Å². The third-order valence-corrected chi connectivity index (χ3v) is 3.46. The van der Waals surface area contributed by atoms with Crippen molar-refractivity contribution in [1.29, 1.82) is 0 Å². The molecule has 1 amide bonds. The van der Waals surface area contributed by atoms with Crippen LogP contribution in [0.1, 0.15) is 23.2 Å². The molecule has 0 spiro atoms. The lowest BCUT2D eigenvalue weighted by Crippen LogP contribution is -2.50. The lowest BCUT2D eigenvalue weighted by atomic mass is 9.87. The molecule has 1 aliphatic rings. The first-order valence-corrected chi connectivity index (χ1v) is 6.45. The van der Waals surface area contributed by atoms with E-state index < -0.39 is 0 Å². The topological polar surface area (TPSA) is 82.8 Å². The summed E-state index contributed by atoms with van der Waals surface area (Å²) in [7, 11) is 4.57. The lowest BCUT2D eigenvalue weighted by Gasteiger charge is -2.33. The van der Waals surface area contributed by atoms with Gasteiger partial charge in [-0.2, -0.15) is 0 Å². The van der Waals surface area contributed by atoms with Crippen molar-refractivity contribution in [3.8, 4) is 17.2 Å². The minimum atomic E-state index is -0.195. The number of nitrogens with two attached hydrogens (primary N) is 1. The van der Waals surface area contributed by atoms with E-state index in [1.807, 2.05) is 0 Å². The summed E-state index contributed by atoms with van der Waals surface area (Å²) in [6.45, 7) is 0. The highest BCUT2D eigenvalue weighted by molar-refractivity contribution is 5.98. The first kappa shape index (κ1) is 14.5. The Morgan fingerprint density at radius 3 is 2.15 bits per heavy atom. The first-order chi connectivity index (χ1) is 9.58. The predicted octanol–water partition coefficient (Wildman–Crippen LogP) is 0.932. The molecule has 110 valence electrons. The average Bonchev–Trinajstić information content (AvgIpc) is 2.43. The molecule has 0 atom stereocenters. The Morgan fingerprint density at radius 2 is 1.65 bits per heavy atom. The molecule has 1 fully saturated rings. The zero-order chi connectivity index (χ0) is 14.7. The molecule has 0 radical (unpaired) electrons. The molecule has 6 nitrogen and oxygen atoms in total. The molecule has 1 aromatic carbocycles. The lowest BCUT2D eigenvalue weighted by molar-refractivity contribution is 0.0906. The minimum Gasteiger partial charge on any atom is -0.496 e. The number of nitrogens with one attached hydrogen (secondary N) is 1. The van der Waals surface area contributed by atoms with Crippen LogP contribution in [0, 0.1) is 0 Å². The number of benzene rings is 1. The summed E-state index contributed by atoms with van der Waals surface area (Å²) in [4.78, 5) is 12.3. The van der Waals surface area contributed by atoms with Crippen LogP contribution in [-0.2, 0) is 0 Å². The Kier molecular flexibility index (Phi) is 4.34. The molecular formula is C14H20N2O4. The molecule has 1 saturated carbocycles. The van der Waals surface area contributed by atoms with Crippen molar-refractivity contribution in [2.45, 2.75) is 24.9 Å². The summed E-state index contributed by atoms with van der Waals surface area (Å²) in [5.41, 5.74) is 6.13. The SMILES string of the molecule is COc1cc(OC)c(C(=O)NC2CC(N)C2)cc1OC. The fourth-order valence-electron chi connectivity index (χ4n) is 2.25. The van der Waals surface area contributed by atoms with Crippen LogP contribution in [0.3, 0.4) is 0 Å². The van der Waals surface area contributed by atoms with Gasteiger partial charge < -0.3 is 25.3 Å². The van der Waals surface area contributed by atoms with Gasteiger partial charge in [0.05, 0.1) is 26.9 Å². The second-order valence-electron chi connectivity index (χ2n) is 4.81. The van der Waals surface area contributed by atoms with Crippen molar-refractivity contribution in [2.24, 2.45) is 5.73 Å². The Balaban J connectivity index is 2.22. The van der Waals surface area contributed by atoms with Crippen molar-refractivity contribution in [1.82, 2.24) is 5.32 Å². The molecule has 20 heavy (non-hydrogen) atoms. The fourth-order valence-corrected chi connectivity index (χ4v) is 2.25. The number of hydrogen-bond donors (Lipinski definition) is 2. The first-order valence-electron chi connectivity index (χ1n) is 6.45. The van der Waals surface area contributed by atoms with Crippen LogP contribution in [0.15, 0.2) is 12.1 Å². The number of hydrogen-bond acceptors (Lipinski definition) is 5. The second-order valence-corrected chi connectivity index (χ2v) is 4.81. The normalized spacial score (nSPS) is 20.8. The van der Waals surface area contributed by atoms with E-state index in [2.05, 4.69) is 5.32 Å². The van der Waals surface area contributed by atoms with Crippen LogP contribution < -0.4 is 25.3 Å². The third-order valence-electron chi connectivity index (χ3n) is 3.46. The van der Waals surface area contributed by atoms with Crippen molar-refractivity contribution < 1.29 is 19.0 Å². The summed E-state index contributed by atoms with van der Waals surface area (Å²) >= 11 is 0. The average molecular weight is 280 g/mol. The monoisotopic (exact) mass is 280 g/mol. The van der Waals surface area contributed by atoms with Gasteiger partial charge in [-0.25, -0.2) is 0 Å². The largest absolute Gasteiger partial charge is 0.496 e. The number of carbonyl (C=O) groups is 1. The Hall–Kier alpha value is -1.95. The molecule has 0 bridgehead atoms. The summed E-state index contributed by atoms with van der Waals surface area (Å²) in [5.74, 6) is 1.26. The molecule has 0 heterocycles. The molecule has 0 aliphatic heterocycles. The van der Waals surface area contributed by atoms with Crippen LogP contribution >= 0.6 is 0 Å². The van der Waals surface area contributed by atoms with E-state index in [4.69, 9.17) is 19.9 Å². The van der Waals surface area contributed by atoms with E-state index in [-0.39, 0.29) is 18.0 Å². The Labute approximate surface area is 118 Å². The van der Waals surface area contributed by atoms with Gasteiger partial charge in [-0.3, -0.25) is 4.79 Å². The summed E-state index contributed by atoms with van der Waals surface area (Å²) in [6.07, 6.45) is 1.61. The van der Waals surface area contributed by atoms with Crippen LogP contribution in [0.25, 0.3) is 0 Å². The number of rotatable bonds is 5. The van der Waals surface area contributed by atoms with Gasteiger partial charge in [0.15, 0.2) is 11.5 Å². The van der Waals surface area contributed by atoms with E-state index >= 15 is 0 Å². The maximum absolute atomic E-state index is 12.3. The molecule has 6 heteroatoms. The van der Waals surface area contributed by atoms with Gasteiger partial charge in [-0.15, -0.1) is 0 Å². The van der Waals surface area contributed by atoms with Gasteiger partial charge in [0.1, 0.15) is 5.75 Å². The minimum absolute atomic E-state index is 0.135. The summed E-state index contributed by atoms with van der Waals surface area (Å²) in [6, 6.07) is 3.58. The van der Waals surface area contributed by atoms with Crippen LogP contribution in [-0.4, -0.2) is 39.3 Å². The molecule has 3 N–H and O–H groups in total. The Morgan fingerprint density at radius 1 is 1.10 bits per heavy atom. The van der Waals surface area contributed by atoms with Gasteiger partial charge in [0, 0.05) is 24.2 Å². The van der Waals surface area contributed by atoms with Gasteiger partial charge in [-0.1, -0.05) is 0 Å². The van der Waals surface area contributed by atoms with Crippen molar-refractivity contribution in [2.75, 3.05) is 21.3 Å². The number of ether oxygens (including phenoxy) is 3. The standard InChI is InChI=1S/C14H20N2O4/c1-18-11-7-13(20-3)12(19-2)6-10(11)14(17)16-9-4-8(15)5-9/h6-9H,4-5,15H2,1-3H3,(H,16,17). The maximum atomic E-state index is 12.3. The van der Waals surface area contributed by atoms with Crippen molar-refractivity contribution in [3.05, 3.63) is 17.7 Å². The highest BCUT2D eigenvalue weighted by Gasteiger charge is 2.28. The van der Waals surface area contributed by atoms with Crippen LogP contribution in [0.5, 0.6) is 17.2 Å². The van der Waals surface area contributed by atoms with Gasteiger partial charge in [-0.05, 0) is 12.8 Å². The third kappa shape index (κ3) is 2.80. The highest BCUT2D eigenvalue weighted by Crippen LogP contribution is 2.34. The van der Waals surface area contributed by atoms with E-state index in [9.17, 15) is 4.79 Å². The van der Waals surface area contributed by atoms with E-state index in [1.54, 1.807) is 12.1 Å². The second kappa shape index (κ2) is 6.00. The van der Waals surface area contributed by atoms with E-state index in [1.165, 1.54) is 21.3 Å². The molecule has 2 rings (SSSR count). The molecule has 1 aromatic rings. The quantitative estimate of drug-likeness (QED) is 0.838. The van der Waals surface area contributed by atoms with Crippen molar-refractivity contribution >= 4 is 5.91 Å². The molecule has 1 aliphatic carbocycles. The van der Waals surface area contributed by atoms with E-state index in [0.717, 1.165) is 12.8 Å². The van der Waals surface area contributed by atoms with Crippen LogP contribution in [0.4, 0.5) is 0 Å². The zero-order valence-electron chi connectivity index (χ0n) is 11.9. The van der Waals surface area contributed by atoms with Gasteiger partial charge >= 0.3 is 0 Å². The summed E-state index contributed by atoms with van der Waals surface area (Å²) < 4.78 is 15.6. The summed E-state index contributed by atoms with van der Waals surface area (Å²) in [5, 5.41) is 2.93. The fraction of sp³-hybridized carbons (Fsp3) is 0.500. The molecule has 0 aromatic heterocycles. The molecule has 0 unspecified atom stereocenters. The number of carbonyl (C=O) groups excluding carboxylic acids is 1. The molecule has 0 saturated heterocycles. The number of methoxy groups -OCH3 is 3. The predicted molar refractivity (Wildman–Crippen MR) is 74.6 cm³/mol. The number of amides is 1. The highest BCUT2D eigenvalue weighted by atomic mass is 16.5. The van der Waals surface area contributed by atoms with E-state index in [0.29, 0.717) is 22.8 Å². The smallest absolute Gasteiger partial charge is 0.255 e. The molecular weight excluding hydrogens is 260 g/mol. The Bertz CT molecular complexity index is 498. The van der Waals surface area contributed by atoms with Crippen molar-refractivity contribution in [3.63, 3.8) is 0 Å². The van der Waals surface area contributed by atoms with Gasteiger partial charge in [0.2, 0.25) is 0 Å². The maximum Gasteiger partial charge on any atom is 0.255 e. The van der Waals surface area contributed by atoms with Crippen LogP contribution in [0.2, 0.25) is 0 Å². The zero-order valence-corrected chi connectivity index (χ0v) is 11.9.